The fourth-order valence-electron chi connectivity index (χ4n) is 1.32. The molecule has 0 radical (unpaired) electrons. The number of rotatable bonds is 5. The van der Waals surface area contributed by atoms with Gasteiger partial charge in [0.25, 0.3) is 5.91 Å². The van der Waals surface area contributed by atoms with E-state index in [-0.39, 0.29) is 12.5 Å². The monoisotopic (exact) mass is 247 g/mol. The lowest BCUT2D eigenvalue weighted by Gasteiger charge is -2.13. The van der Waals surface area contributed by atoms with E-state index in [4.69, 9.17) is 4.74 Å². The predicted octanol–water partition coefficient (Wildman–Crippen LogP) is 0.283. The molecule has 1 atom stereocenters. The maximum Gasteiger partial charge on any atom is 0.261 e. The number of benzene rings is 1. The predicted molar refractivity (Wildman–Crippen MR) is 62.6 cm³/mol. The molecule has 0 bridgehead atoms. The fourth-order valence-corrected chi connectivity index (χ4v) is 1.32. The topological polar surface area (TPSA) is 92.8 Å². The number of aromatic nitrogens is 4. The van der Waals surface area contributed by atoms with Crippen molar-refractivity contribution in [3.8, 4) is 5.75 Å². The summed E-state index contributed by atoms with van der Waals surface area (Å²) in [4.78, 5) is 11.7. The van der Waals surface area contributed by atoms with E-state index in [1.165, 1.54) is 0 Å². The highest BCUT2D eigenvalue weighted by molar-refractivity contribution is 5.80. The van der Waals surface area contributed by atoms with Crippen molar-refractivity contribution in [3.05, 3.63) is 36.2 Å². The number of nitrogens with zero attached hydrogens (tertiary/aromatic N) is 3. The molecule has 0 aliphatic carbocycles. The van der Waals surface area contributed by atoms with Gasteiger partial charge in [0.15, 0.2) is 11.9 Å². The maximum absolute atomic E-state index is 11.7. The van der Waals surface area contributed by atoms with E-state index in [2.05, 4.69) is 25.9 Å². The number of hydrogen-bond donors (Lipinski definition) is 2. The molecule has 0 saturated carbocycles. The summed E-state index contributed by atoms with van der Waals surface area (Å²) in [5.74, 6) is 0.846. The van der Waals surface area contributed by atoms with Crippen molar-refractivity contribution in [2.75, 3.05) is 0 Å². The molecule has 0 fully saturated rings. The van der Waals surface area contributed by atoms with Crippen molar-refractivity contribution in [3.63, 3.8) is 0 Å². The lowest BCUT2D eigenvalue weighted by Crippen LogP contribution is -2.36. The van der Waals surface area contributed by atoms with E-state index in [1.807, 2.05) is 18.2 Å². The summed E-state index contributed by atoms with van der Waals surface area (Å²) in [6.07, 6.45) is -0.584. The third kappa shape index (κ3) is 3.27. The highest BCUT2D eigenvalue weighted by Crippen LogP contribution is 2.10. The largest absolute Gasteiger partial charge is 0.481 e. The van der Waals surface area contributed by atoms with Gasteiger partial charge in [-0.25, -0.2) is 0 Å². The average molecular weight is 247 g/mol. The van der Waals surface area contributed by atoms with Crippen molar-refractivity contribution in [2.45, 2.75) is 19.6 Å². The van der Waals surface area contributed by atoms with Gasteiger partial charge in [-0.1, -0.05) is 23.4 Å². The second-order valence-electron chi connectivity index (χ2n) is 3.62. The van der Waals surface area contributed by atoms with Crippen molar-refractivity contribution in [1.29, 1.82) is 0 Å². The molecule has 7 heteroatoms. The summed E-state index contributed by atoms with van der Waals surface area (Å²) in [5, 5.41) is 15.8. The van der Waals surface area contributed by atoms with Gasteiger partial charge in [0.05, 0.1) is 6.54 Å². The van der Waals surface area contributed by atoms with Crippen molar-refractivity contribution in [2.24, 2.45) is 0 Å². The number of hydrogen-bond acceptors (Lipinski definition) is 5. The normalized spacial score (nSPS) is 11.8. The molecule has 0 spiro atoms. The molecular formula is C11H13N5O2. The minimum absolute atomic E-state index is 0.220. The lowest BCUT2D eigenvalue weighted by molar-refractivity contribution is -0.127. The highest BCUT2D eigenvalue weighted by atomic mass is 16.5. The quantitative estimate of drug-likeness (QED) is 0.791. The van der Waals surface area contributed by atoms with Gasteiger partial charge in [-0.3, -0.25) is 4.79 Å². The van der Waals surface area contributed by atoms with Gasteiger partial charge in [0.1, 0.15) is 5.75 Å². The van der Waals surface area contributed by atoms with Crippen LogP contribution in [0.15, 0.2) is 30.3 Å². The number of amides is 1. The number of carbonyl (C=O) groups excluding carboxylic acids is 1. The van der Waals surface area contributed by atoms with E-state index >= 15 is 0 Å². The first-order valence-corrected chi connectivity index (χ1v) is 5.47. The number of carbonyl (C=O) groups is 1. The maximum atomic E-state index is 11.7. The fraction of sp³-hybridized carbons (Fsp3) is 0.273. The van der Waals surface area contributed by atoms with Gasteiger partial charge in [0, 0.05) is 0 Å². The van der Waals surface area contributed by atoms with Crippen LogP contribution in [0.2, 0.25) is 0 Å². The SMILES string of the molecule is CC(Oc1ccccc1)C(=O)NCc1nn[nH]n1. The van der Waals surface area contributed by atoms with E-state index in [0.717, 1.165) is 0 Å². The second kappa shape index (κ2) is 5.76. The van der Waals surface area contributed by atoms with Gasteiger partial charge in [-0.15, -0.1) is 10.2 Å². The Labute approximate surface area is 104 Å². The van der Waals surface area contributed by atoms with Gasteiger partial charge in [0.2, 0.25) is 0 Å². The summed E-state index contributed by atoms with van der Waals surface area (Å²) >= 11 is 0. The molecule has 94 valence electrons. The Hall–Kier alpha value is -2.44. The number of tetrazole rings is 1. The molecule has 18 heavy (non-hydrogen) atoms. The van der Waals surface area contributed by atoms with Crippen LogP contribution in [0.5, 0.6) is 5.75 Å². The zero-order valence-corrected chi connectivity index (χ0v) is 9.83. The van der Waals surface area contributed by atoms with Gasteiger partial charge >= 0.3 is 0 Å². The smallest absolute Gasteiger partial charge is 0.261 e. The van der Waals surface area contributed by atoms with Crippen LogP contribution in [0, 0.1) is 0 Å². The molecule has 1 aromatic carbocycles. The van der Waals surface area contributed by atoms with Crippen LogP contribution in [-0.2, 0) is 11.3 Å². The molecule has 2 aromatic rings. The van der Waals surface area contributed by atoms with Crippen LogP contribution in [0.25, 0.3) is 0 Å². The van der Waals surface area contributed by atoms with Crippen LogP contribution in [-0.4, -0.2) is 32.6 Å². The summed E-state index contributed by atoms with van der Waals surface area (Å²) in [5.41, 5.74) is 0. The first-order chi connectivity index (χ1) is 8.75. The Balaban J connectivity index is 1.82. The van der Waals surface area contributed by atoms with E-state index in [1.54, 1.807) is 19.1 Å². The zero-order valence-electron chi connectivity index (χ0n) is 9.83. The Morgan fingerprint density at radius 3 is 2.89 bits per heavy atom. The number of nitrogens with one attached hydrogen (secondary N) is 2. The zero-order chi connectivity index (χ0) is 12.8. The van der Waals surface area contributed by atoms with E-state index in [9.17, 15) is 4.79 Å². The van der Waals surface area contributed by atoms with Gasteiger partial charge in [-0.05, 0) is 19.1 Å². The molecular weight excluding hydrogens is 234 g/mol. The summed E-state index contributed by atoms with van der Waals surface area (Å²) in [6.45, 7) is 1.90. The average Bonchev–Trinajstić information content (AvgIpc) is 2.90. The van der Waals surface area contributed by atoms with Crippen molar-refractivity contribution in [1.82, 2.24) is 25.9 Å². The number of H-pyrrole nitrogens is 1. The molecule has 1 aromatic heterocycles. The minimum atomic E-state index is -0.584. The molecule has 1 heterocycles. The molecule has 0 saturated heterocycles. The number of aromatic amines is 1. The molecule has 1 amide bonds. The Morgan fingerprint density at radius 2 is 2.22 bits per heavy atom. The standard InChI is InChI=1S/C11H13N5O2/c1-8(18-9-5-3-2-4-6-9)11(17)12-7-10-13-15-16-14-10/h2-6,8H,7H2,1H3,(H,12,17)(H,13,14,15,16). The minimum Gasteiger partial charge on any atom is -0.481 e. The Bertz CT molecular complexity index is 485. The highest BCUT2D eigenvalue weighted by Gasteiger charge is 2.14. The van der Waals surface area contributed by atoms with Crippen LogP contribution >= 0.6 is 0 Å². The first kappa shape index (κ1) is 12.0. The lowest BCUT2D eigenvalue weighted by atomic mass is 10.3. The Kier molecular flexibility index (Phi) is 3.85. The van der Waals surface area contributed by atoms with Crippen molar-refractivity contribution < 1.29 is 9.53 Å². The molecule has 1 unspecified atom stereocenters. The van der Waals surface area contributed by atoms with Crippen LogP contribution in [0.1, 0.15) is 12.7 Å². The summed E-state index contributed by atoms with van der Waals surface area (Å²) < 4.78 is 5.47. The van der Waals surface area contributed by atoms with Crippen LogP contribution in [0.4, 0.5) is 0 Å². The third-order valence-corrected chi connectivity index (χ3v) is 2.24. The third-order valence-electron chi connectivity index (χ3n) is 2.24. The second-order valence-corrected chi connectivity index (χ2v) is 3.62. The number of para-hydroxylation sites is 1. The van der Waals surface area contributed by atoms with E-state index in [0.29, 0.717) is 11.6 Å². The summed E-state index contributed by atoms with van der Waals surface area (Å²) in [7, 11) is 0. The first-order valence-electron chi connectivity index (χ1n) is 5.47. The molecule has 0 aliphatic heterocycles. The van der Waals surface area contributed by atoms with Crippen molar-refractivity contribution >= 4 is 5.91 Å². The van der Waals surface area contributed by atoms with Crippen LogP contribution in [0.3, 0.4) is 0 Å². The molecule has 2 N–H and O–H groups in total. The number of ether oxygens (including phenoxy) is 1. The van der Waals surface area contributed by atoms with Gasteiger partial charge in [-0.2, -0.15) is 5.21 Å². The Morgan fingerprint density at radius 1 is 1.44 bits per heavy atom. The van der Waals surface area contributed by atoms with Crippen LogP contribution < -0.4 is 10.1 Å². The van der Waals surface area contributed by atoms with Gasteiger partial charge < -0.3 is 10.1 Å². The van der Waals surface area contributed by atoms with E-state index < -0.39 is 6.10 Å². The molecule has 2 rings (SSSR count). The molecule has 7 nitrogen and oxygen atoms in total. The molecule has 0 aliphatic rings. The summed E-state index contributed by atoms with van der Waals surface area (Å²) in [6, 6.07) is 9.16.